The van der Waals surface area contributed by atoms with Crippen LogP contribution in [-0.2, 0) is 9.47 Å². The third-order valence-corrected chi connectivity index (χ3v) is 5.23. The summed E-state index contributed by atoms with van der Waals surface area (Å²) in [5.74, 6) is 0. The zero-order valence-corrected chi connectivity index (χ0v) is 12.6. The monoisotopic (exact) mass is 272 g/mol. The van der Waals surface area contributed by atoms with Crippen molar-refractivity contribution in [1.29, 1.82) is 0 Å². The van der Waals surface area contributed by atoms with E-state index in [-0.39, 0.29) is 18.2 Å². The molecule has 2 saturated heterocycles. The molecular weight excluding hydrogens is 248 g/mol. The van der Waals surface area contributed by atoms with Gasteiger partial charge in [-0.05, 0) is 6.04 Å². The van der Waals surface area contributed by atoms with Crippen molar-refractivity contribution in [2.45, 2.75) is 37.8 Å². The van der Waals surface area contributed by atoms with Gasteiger partial charge in [0, 0.05) is 21.2 Å². The van der Waals surface area contributed by atoms with Gasteiger partial charge < -0.3 is 14.8 Å². The lowest BCUT2D eigenvalue weighted by Gasteiger charge is -2.36. The molecule has 2 unspecified atom stereocenters. The predicted molar refractivity (Wildman–Crippen MR) is 72.6 cm³/mol. The number of carbonyl (C=O) groups excluding carboxylic acids is 1. The molecule has 6 heteroatoms. The van der Waals surface area contributed by atoms with Crippen molar-refractivity contribution in [3.05, 3.63) is 0 Å². The maximum Gasteiger partial charge on any atom is 0.410 e. The van der Waals surface area contributed by atoms with Gasteiger partial charge in [-0.15, -0.1) is 0 Å². The van der Waals surface area contributed by atoms with Crippen molar-refractivity contribution in [3.63, 3.8) is 0 Å². The van der Waals surface area contributed by atoms with Crippen LogP contribution in [0.5, 0.6) is 0 Å². The summed E-state index contributed by atoms with van der Waals surface area (Å²) in [5, 5.41) is 3.38. The number of carbonyl (C=O) groups is 1. The number of fused-ring (bicyclic) bond motifs is 1. The normalized spacial score (nSPS) is 28.1. The van der Waals surface area contributed by atoms with E-state index in [1.54, 1.807) is 0 Å². The SMILES string of the molecule is C[Si](C)(C)CCOC(=O)N1CCNC2COCC21. The van der Waals surface area contributed by atoms with E-state index in [2.05, 4.69) is 25.0 Å². The Balaban J connectivity index is 1.81. The highest BCUT2D eigenvalue weighted by molar-refractivity contribution is 6.76. The molecule has 2 heterocycles. The molecule has 0 aromatic heterocycles. The van der Waals surface area contributed by atoms with E-state index in [4.69, 9.17) is 9.47 Å². The Labute approximate surface area is 110 Å². The topological polar surface area (TPSA) is 50.8 Å². The maximum atomic E-state index is 12.1. The predicted octanol–water partition coefficient (Wildman–Crippen LogP) is 1.13. The van der Waals surface area contributed by atoms with Gasteiger partial charge in [0.15, 0.2) is 0 Å². The second-order valence-electron chi connectivity index (χ2n) is 6.28. The first-order valence-electron chi connectivity index (χ1n) is 6.72. The van der Waals surface area contributed by atoms with Crippen LogP contribution in [0.3, 0.4) is 0 Å². The van der Waals surface area contributed by atoms with Crippen LogP contribution in [0.25, 0.3) is 0 Å². The van der Waals surface area contributed by atoms with E-state index in [9.17, 15) is 4.79 Å². The van der Waals surface area contributed by atoms with Crippen molar-refractivity contribution >= 4 is 14.2 Å². The Morgan fingerprint density at radius 3 is 2.94 bits per heavy atom. The Kier molecular flexibility index (Phi) is 4.29. The molecule has 18 heavy (non-hydrogen) atoms. The molecule has 1 N–H and O–H groups in total. The molecule has 2 aliphatic rings. The van der Waals surface area contributed by atoms with E-state index in [1.807, 2.05) is 4.90 Å². The minimum absolute atomic E-state index is 0.151. The van der Waals surface area contributed by atoms with Gasteiger partial charge in [-0.1, -0.05) is 19.6 Å². The highest BCUT2D eigenvalue weighted by atomic mass is 28.3. The van der Waals surface area contributed by atoms with Crippen LogP contribution < -0.4 is 5.32 Å². The summed E-state index contributed by atoms with van der Waals surface area (Å²) in [7, 11) is -1.13. The highest BCUT2D eigenvalue weighted by Gasteiger charge is 2.39. The van der Waals surface area contributed by atoms with Crippen LogP contribution in [-0.4, -0.2) is 64.1 Å². The minimum atomic E-state index is -1.13. The van der Waals surface area contributed by atoms with Crippen LogP contribution in [0, 0.1) is 0 Å². The number of hydrogen-bond acceptors (Lipinski definition) is 4. The van der Waals surface area contributed by atoms with Gasteiger partial charge in [-0.25, -0.2) is 4.79 Å². The number of nitrogens with one attached hydrogen (secondary N) is 1. The van der Waals surface area contributed by atoms with Crippen LogP contribution in [0.15, 0.2) is 0 Å². The summed E-state index contributed by atoms with van der Waals surface area (Å²) in [4.78, 5) is 13.9. The highest BCUT2D eigenvalue weighted by Crippen LogP contribution is 2.18. The van der Waals surface area contributed by atoms with Crippen LogP contribution >= 0.6 is 0 Å². The summed E-state index contributed by atoms with van der Waals surface area (Å²) < 4.78 is 10.8. The Bertz CT molecular complexity index is 306. The molecule has 2 rings (SSSR count). The first kappa shape index (κ1) is 13.8. The lowest BCUT2D eigenvalue weighted by atomic mass is 10.1. The average molecular weight is 272 g/mol. The molecule has 0 aromatic rings. The quantitative estimate of drug-likeness (QED) is 0.783. The molecule has 0 spiro atoms. The largest absolute Gasteiger partial charge is 0.450 e. The van der Waals surface area contributed by atoms with Crippen molar-refractivity contribution < 1.29 is 14.3 Å². The summed E-state index contributed by atoms with van der Waals surface area (Å²) in [6.07, 6.45) is -0.171. The molecule has 0 bridgehead atoms. The summed E-state index contributed by atoms with van der Waals surface area (Å²) in [6.45, 7) is 10.3. The van der Waals surface area contributed by atoms with E-state index >= 15 is 0 Å². The Morgan fingerprint density at radius 1 is 1.44 bits per heavy atom. The minimum Gasteiger partial charge on any atom is -0.450 e. The standard InChI is InChI=1S/C12H24N2O3Si/c1-18(2,3)7-6-17-12(15)14-5-4-13-10-8-16-9-11(10)14/h10-11,13H,4-9H2,1-3H3. The van der Waals surface area contributed by atoms with Gasteiger partial charge in [-0.2, -0.15) is 0 Å². The lowest BCUT2D eigenvalue weighted by Crippen LogP contribution is -2.59. The van der Waals surface area contributed by atoms with Gasteiger partial charge in [0.25, 0.3) is 0 Å². The van der Waals surface area contributed by atoms with Gasteiger partial charge in [0.05, 0.1) is 31.9 Å². The van der Waals surface area contributed by atoms with E-state index < -0.39 is 8.07 Å². The average Bonchev–Trinajstić information content (AvgIpc) is 2.74. The molecule has 0 aliphatic carbocycles. The summed E-state index contributed by atoms with van der Waals surface area (Å²) in [5.41, 5.74) is 0. The molecule has 1 amide bonds. The molecular formula is C12H24N2O3Si. The van der Waals surface area contributed by atoms with E-state index in [0.717, 1.165) is 19.1 Å². The van der Waals surface area contributed by atoms with Crippen molar-refractivity contribution in [2.24, 2.45) is 0 Å². The Hall–Kier alpha value is -0.593. The zero-order valence-electron chi connectivity index (χ0n) is 11.6. The van der Waals surface area contributed by atoms with Gasteiger partial charge in [0.2, 0.25) is 0 Å². The van der Waals surface area contributed by atoms with Gasteiger partial charge >= 0.3 is 6.09 Å². The maximum absolute atomic E-state index is 12.1. The first-order valence-corrected chi connectivity index (χ1v) is 10.4. The number of hydrogen-bond donors (Lipinski definition) is 1. The second kappa shape index (κ2) is 5.58. The lowest BCUT2D eigenvalue weighted by molar-refractivity contribution is 0.0729. The van der Waals surface area contributed by atoms with Crippen molar-refractivity contribution in [1.82, 2.24) is 10.2 Å². The van der Waals surface area contributed by atoms with Gasteiger partial charge in [0.1, 0.15) is 0 Å². The van der Waals surface area contributed by atoms with Crippen molar-refractivity contribution in [2.75, 3.05) is 32.9 Å². The number of piperazine rings is 1. The summed E-state index contributed by atoms with van der Waals surface area (Å²) >= 11 is 0. The number of nitrogens with zero attached hydrogens (tertiary/aromatic N) is 1. The van der Waals surface area contributed by atoms with Crippen LogP contribution in [0.4, 0.5) is 4.79 Å². The molecule has 2 aliphatic heterocycles. The molecule has 5 nitrogen and oxygen atoms in total. The van der Waals surface area contributed by atoms with Gasteiger partial charge in [-0.3, -0.25) is 4.90 Å². The zero-order chi connectivity index (χ0) is 13.2. The fourth-order valence-corrected chi connectivity index (χ4v) is 3.05. The van der Waals surface area contributed by atoms with Crippen LogP contribution in [0.2, 0.25) is 25.7 Å². The third kappa shape index (κ3) is 3.46. The van der Waals surface area contributed by atoms with Crippen molar-refractivity contribution in [3.8, 4) is 0 Å². The van der Waals surface area contributed by atoms with E-state index in [1.165, 1.54) is 0 Å². The fraction of sp³-hybridized carbons (Fsp3) is 0.917. The third-order valence-electron chi connectivity index (χ3n) is 3.52. The molecule has 2 fully saturated rings. The number of amides is 1. The molecule has 104 valence electrons. The second-order valence-corrected chi connectivity index (χ2v) is 11.9. The number of ether oxygens (including phenoxy) is 2. The first-order chi connectivity index (χ1) is 8.47. The van der Waals surface area contributed by atoms with Crippen LogP contribution in [0.1, 0.15) is 0 Å². The van der Waals surface area contributed by atoms with E-state index in [0.29, 0.717) is 19.8 Å². The Morgan fingerprint density at radius 2 is 2.22 bits per heavy atom. The molecule has 0 saturated carbocycles. The number of rotatable bonds is 3. The summed E-state index contributed by atoms with van der Waals surface area (Å²) in [6, 6.07) is 1.46. The molecule has 0 radical (unpaired) electrons. The smallest absolute Gasteiger partial charge is 0.410 e. The fourth-order valence-electron chi connectivity index (χ4n) is 2.34. The molecule has 2 atom stereocenters. The molecule has 0 aromatic carbocycles.